The Labute approximate surface area is 203 Å². The fourth-order valence-electron chi connectivity index (χ4n) is 4.43. The van der Waals surface area contributed by atoms with Crippen LogP contribution < -0.4 is 10.2 Å². The summed E-state index contributed by atoms with van der Waals surface area (Å²) in [5.74, 6) is 2.81. The second-order valence-electron chi connectivity index (χ2n) is 8.11. The third kappa shape index (κ3) is 6.55. The number of likely N-dealkylation sites (tertiary alicyclic amines) is 1. The Morgan fingerprint density at radius 1 is 1.06 bits per heavy atom. The van der Waals surface area contributed by atoms with E-state index in [4.69, 9.17) is 4.74 Å². The Hall–Kier alpha value is -1.87. The van der Waals surface area contributed by atoms with Gasteiger partial charge in [-0.15, -0.1) is 24.0 Å². The van der Waals surface area contributed by atoms with E-state index in [0.717, 1.165) is 63.6 Å². The molecule has 4 rings (SSSR count). The summed E-state index contributed by atoms with van der Waals surface area (Å²) in [7, 11) is 1.88. The predicted molar refractivity (Wildman–Crippen MR) is 137 cm³/mol. The molecule has 6 nitrogen and oxygen atoms in total. The number of piperidine rings is 1. The number of rotatable bonds is 5. The van der Waals surface area contributed by atoms with Crippen molar-refractivity contribution < 1.29 is 4.74 Å². The predicted octanol–water partition coefficient (Wildman–Crippen LogP) is 3.57. The van der Waals surface area contributed by atoms with E-state index in [0.29, 0.717) is 0 Å². The Balaban J connectivity index is 0.00000272. The van der Waals surface area contributed by atoms with Crippen LogP contribution in [-0.2, 0) is 17.7 Å². The smallest absolute Gasteiger partial charge is 0.193 e. The van der Waals surface area contributed by atoms with Crippen molar-refractivity contribution in [1.82, 2.24) is 15.2 Å². The molecule has 1 aromatic heterocycles. The Morgan fingerprint density at radius 2 is 1.81 bits per heavy atom. The van der Waals surface area contributed by atoms with Gasteiger partial charge in [0, 0.05) is 51.5 Å². The van der Waals surface area contributed by atoms with Gasteiger partial charge in [-0.1, -0.05) is 36.4 Å². The Bertz CT molecular complexity index is 818. The van der Waals surface area contributed by atoms with Crippen molar-refractivity contribution in [3.05, 3.63) is 59.8 Å². The minimum absolute atomic E-state index is 0. The molecule has 0 aliphatic carbocycles. The first-order valence-corrected chi connectivity index (χ1v) is 11.1. The zero-order chi connectivity index (χ0) is 20.6. The van der Waals surface area contributed by atoms with Crippen molar-refractivity contribution in [2.75, 3.05) is 51.3 Å². The van der Waals surface area contributed by atoms with Gasteiger partial charge in [-0.25, -0.2) is 4.98 Å². The fourth-order valence-corrected chi connectivity index (χ4v) is 4.43. The van der Waals surface area contributed by atoms with E-state index in [1.165, 1.54) is 30.4 Å². The van der Waals surface area contributed by atoms with Gasteiger partial charge in [0.25, 0.3) is 0 Å². The maximum absolute atomic E-state index is 5.49. The van der Waals surface area contributed by atoms with E-state index in [-0.39, 0.29) is 24.0 Å². The molecule has 0 amide bonds. The monoisotopic (exact) mass is 535 g/mol. The lowest BCUT2D eigenvalue weighted by molar-refractivity contribution is 0.122. The molecule has 2 fully saturated rings. The van der Waals surface area contributed by atoms with Crippen molar-refractivity contribution in [3.8, 4) is 0 Å². The van der Waals surface area contributed by atoms with Crippen LogP contribution in [0.2, 0.25) is 0 Å². The summed E-state index contributed by atoms with van der Waals surface area (Å²) >= 11 is 0. The number of anilines is 1. The summed E-state index contributed by atoms with van der Waals surface area (Å²) in [6, 6.07) is 15.0. The number of benzene rings is 1. The third-order valence-corrected chi connectivity index (χ3v) is 6.11. The molecular formula is C24H34IN5O. The Morgan fingerprint density at radius 3 is 2.52 bits per heavy atom. The van der Waals surface area contributed by atoms with Crippen LogP contribution in [0.25, 0.3) is 0 Å². The van der Waals surface area contributed by atoms with Gasteiger partial charge in [0.2, 0.25) is 0 Å². The van der Waals surface area contributed by atoms with Crippen molar-refractivity contribution in [2.24, 2.45) is 10.9 Å². The minimum Gasteiger partial charge on any atom is -0.378 e. The summed E-state index contributed by atoms with van der Waals surface area (Å²) in [6.45, 7) is 6.17. The molecule has 7 heteroatoms. The van der Waals surface area contributed by atoms with Crippen LogP contribution in [0.15, 0.2) is 53.7 Å². The van der Waals surface area contributed by atoms with E-state index in [1.807, 2.05) is 19.3 Å². The first-order chi connectivity index (χ1) is 14.8. The molecule has 0 bridgehead atoms. The maximum Gasteiger partial charge on any atom is 0.193 e. The lowest BCUT2D eigenvalue weighted by atomic mass is 9.90. The highest BCUT2D eigenvalue weighted by Crippen LogP contribution is 2.22. The lowest BCUT2D eigenvalue weighted by Gasteiger charge is -2.34. The molecule has 0 saturated carbocycles. The first-order valence-electron chi connectivity index (χ1n) is 11.1. The van der Waals surface area contributed by atoms with Crippen LogP contribution in [0.3, 0.4) is 0 Å². The largest absolute Gasteiger partial charge is 0.378 e. The lowest BCUT2D eigenvalue weighted by Crippen LogP contribution is -2.45. The van der Waals surface area contributed by atoms with Gasteiger partial charge < -0.3 is 19.9 Å². The van der Waals surface area contributed by atoms with Gasteiger partial charge >= 0.3 is 0 Å². The minimum atomic E-state index is 0. The number of halogens is 1. The summed E-state index contributed by atoms with van der Waals surface area (Å²) in [5.41, 5.74) is 2.66. The molecule has 2 aliphatic heterocycles. The van der Waals surface area contributed by atoms with Crippen molar-refractivity contribution in [3.63, 3.8) is 0 Å². The SMILES string of the molecule is CN=C(NCc1cccnc1N1CCOCC1)N1CCC(Cc2ccccc2)CC1.I. The van der Waals surface area contributed by atoms with E-state index in [2.05, 4.69) is 61.5 Å². The third-order valence-electron chi connectivity index (χ3n) is 6.11. The number of pyridine rings is 1. The first kappa shape index (κ1) is 23.8. The molecule has 31 heavy (non-hydrogen) atoms. The molecule has 0 atom stereocenters. The molecule has 2 aromatic rings. The molecule has 1 N–H and O–H groups in total. The molecular weight excluding hydrogens is 501 g/mol. The van der Waals surface area contributed by atoms with Crippen LogP contribution in [0.4, 0.5) is 5.82 Å². The van der Waals surface area contributed by atoms with Crippen LogP contribution in [0.1, 0.15) is 24.0 Å². The molecule has 3 heterocycles. The summed E-state index contributed by atoms with van der Waals surface area (Å²) < 4.78 is 5.49. The zero-order valence-corrected chi connectivity index (χ0v) is 20.7. The normalized spacial score (nSPS) is 17.9. The number of nitrogens with zero attached hydrogens (tertiary/aromatic N) is 4. The number of guanidine groups is 1. The number of nitrogens with one attached hydrogen (secondary N) is 1. The average molecular weight is 535 g/mol. The quantitative estimate of drug-likeness (QED) is 0.361. The van der Waals surface area contributed by atoms with E-state index in [9.17, 15) is 0 Å². The van der Waals surface area contributed by atoms with E-state index < -0.39 is 0 Å². The molecule has 0 radical (unpaired) electrons. The number of hydrogen-bond acceptors (Lipinski definition) is 4. The van der Waals surface area contributed by atoms with Crippen LogP contribution in [0, 0.1) is 5.92 Å². The van der Waals surface area contributed by atoms with Gasteiger partial charge in [-0.05, 0) is 36.8 Å². The molecule has 0 spiro atoms. The molecule has 2 aliphatic rings. The van der Waals surface area contributed by atoms with Crippen LogP contribution >= 0.6 is 24.0 Å². The number of aliphatic imine (C=N–C) groups is 1. The molecule has 168 valence electrons. The van der Waals surface area contributed by atoms with E-state index in [1.54, 1.807) is 0 Å². The fraction of sp³-hybridized carbons (Fsp3) is 0.500. The van der Waals surface area contributed by atoms with Crippen molar-refractivity contribution in [2.45, 2.75) is 25.8 Å². The van der Waals surface area contributed by atoms with Crippen molar-refractivity contribution >= 4 is 35.8 Å². The summed E-state index contributed by atoms with van der Waals surface area (Å²) in [5, 5.41) is 3.58. The average Bonchev–Trinajstić information content (AvgIpc) is 2.82. The Kier molecular flexibility index (Phi) is 9.39. The zero-order valence-electron chi connectivity index (χ0n) is 18.4. The van der Waals surface area contributed by atoms with Gasteiger partial charge in [0.05, 0.1) is 13.2 Å². The highest BCUT2D eigenvalue weighted by atomic mass is 127. The van der Waals surface area contributed by atoms with Gasteiger partial charge in [0.1, 0.15) is 5.82 Å². The van der Waals surface area contributed by atoms with Crippen LogP contribution in [0.5, 0.6) is 0 Å². The topological polar surface area (TPSA) is 53.0 Å². The second kappa shape index (κ2) is 12.2. The number of morpholine rings is 1. The van der Waals surface area contributed by atoms with Crippen LogP contribution in [-0.4, -0.2) is 62.3 Å². The summed E-state index contributed by atoms with van der Waals surface area (Å²) in [6.07, 6.45) is 5.48. The standard InChI is InChI=1S/C24H33N5O.HI/c1-25-24(29-12-9-21(10-13-29)18-20-6-3-2-4-7-20)27-19-22-8-5-11-26-23(22)28-14-16-30-17-15-28;/h2-8,11,21H,9-10,12-19H2,1H3,(H,25,27);1H. The number of hydrogen-bond donors (Lipinski definition) is 1. The van der Waals surface area contributed by atoms with Gasteiger partial charge in [0.15, 0.2) is 5.96 Å². The molecule has 0 unspecified atom stereocenters. The van der Waals surface area contributed by atoms with Crippen molar-refractivity contribution in [1.29, 1.82) is 0 Å². The van der Waals surface area contributed by atoms with E-state index >= 15 is 0 Å². The molecule has 1 aromatic carbocycles. The summed E-state index contributed by atoms with van der Waals surface area (Å²) in [4.78, 5) is 13.9. The molecule has 2 saturated heterocycles. The highest BCUT2D eigenvalue weighted by molar-refractivity contribution is 14.0. The second-order valence-corrected chi connectivity index (χ2v) is 8.11. The van der Waals surface area contributed by atoms with Gasteiger partial charge in [-0.2, -0.15) is 0 Å². The van der Waals surface area contributed by atoms with Gasteiger partial charge in [-0.3, -0.25) is 4.99 Å². The highest BCUT2D eigenvalue weighted by Gasteiger charge is 2.22. The number of aromatic nitrogens is 1. The maximum atomic E-state index is 5.49. The number of ether oxygens (including phenoxy) is 1.